The Morgan fingerprint density at radius 2 is 1.03 bits per heavy atom. The number of carbonyl (C=O) groups is 2. The summed E-state index contributed by atoms with van der Waals surface area (Å²) >= 11 is 3.95. The van der Waals surface area contributed by atoms with Gasteiger partial charge in [0.05, 0.1) is 10.8 Å². The predicted molar refractivity (Wildman–Crippen MR) is 135 cm³/mol. The van der Waals surface area contributed by atoms with Crippen molar-refractivity contribution in [1.29, 1.82) is 0 Å². The highest BCUT2D eigenvalue weighted by molar-refractivity contribution is 7.99. The molecule has 180 valence electrons. The third kappa shape index (κ3) is 4.48. The van der Waals surface area contributed by atoms with Crippen molar-refractivity contribution in [2.45, 2.75) is 112 Å². The standard InChI is InChI=1S/C26H42N2O2S2/c1-31-21-7-3-19(4-8-21)27-23(29)25-12-17-11-18(13-25)15-26(14-17,16-25)24(30)28-20-5-9-22(32-2)10-6-20/h17-22H,3-16H2,1-2H3,(H,27,29)(H,28,30). The lowest BCUT2D eigenvalue weighted by Gasteiger charge is -2.60. The molecule has 6 fully saturated rings. The first-order valence-electron chi connectivity index (χ1n) is 13.1. The van der Waals surface area contributed by atoms with Gasteiger partial charge in [-0.25, -0.2) is 0 Å². The maximum Gasteiger partial charge on any atom is 0.226 e. The van der Waals surface area contributed by atoms with Crippen LogP contribution in [0.25, 0.3) is 0 Å². The second-order valence-electron chi connectivity index (χ2n) is 11.9. The lowest BCUT2D eigenvalue weighted by atomic mass is 9.43. The van der Waals surface area contributed by atoms with E-state index in [9.17, 15) is 9.59 Å². The van der Waals surface area contributed by atoms with Crippen LogP contribution in [0.15, 0.2) is 0 Å². The molecule has 0 aromatic rings. The summed E-state index contributed by atoms with van der Waals surface area (Å²) < 4.78 is 0. The Hall–Kier alpha value is -0.360. The van der Waals surface area contributed by atoms with Crippen LogP contribution in [0.5, 0.6) is 0 Å². The van der Waals surface area contributed by atoms with E-state index in [2.05, 4.69) is 23.1 Å². The lowest BCUT2D eigenvalue weighted by molar-refractivity contribution is -0.168. The highest BCUT2D eigenvalue weighted by atomic mass is 32.2. The van der Waals surface area contributed by atoms with E-state index in [-0.39, 0.29) is 22.6 Å². The summed E-state index contributed by atoms with van der Waals surface area (Å²) in [4.78, 5) is 27.4. The molecule has 0 saturated heterocycles. The summed E-state index contributed by atoms with van der Waals surface area (Å²) in [5.41, 5.74) is -0.567. The molecule has 0 spiro atoms. The van der Waals surface area contributed by atoms with Gasteiger partial charge in [-0.15, -0.1) is 0 Å². The Morgan fingerprint density at radius 3 is 1.38 bits per heavy atom. The van der Waals surface area contributed by atoms with Crippen LogP contribution in [0.3, 0.4) is 0 Å². The average molecular weight is 479 g/mol. The normalized spacial score (nSPS) is 45.4. The molecule has 4 bridgehead atoms. The number of hydrogen-bond acceptors (Lipinski definition) is 4. The molecule has 4 nitrogen and oxygen atoms in total. The minimum atomic E-state index is -0.283. The van der Waals surface area contributed by atoms with Gasteiger partial charge in [-0.2, -0.15) is 23.5 Å². The Morgan fingerprint density at radius 1 is 0.656 bits per heavy atom. The molecule has 6 aliphatic rings. The SMILES string of the molecule is CSC1CCC(NC(=O)C23CC4CC(C2)CC(C(=O)NC2CCC(SC)CC2)(C4)C3)CC1. The lowest BCUT2D eigenvalue weighted by Crippen LogP contribution is -2.62. The zero-order valence-electron chi connectivity index (χ0n) is 20.0. The highest BCUT2D eigenvalue weighted by Crippen LogP contribution is 2.65. The monoisotopic (exact) mass is 478 g/mol. The van der Waals surface area contributed by atoms with E-state index >= 15 is 0 Å². The maximum absolute atomic E-state index is 13.7. The zero-order chi connectivity index (χ0) is 22.3. The Labute approximate surface area is 203 Å². The molecule has 6 saturated carbocycles. The number of hydrogen-bond donors (Lipinski definition) is 2. The van der Waals surface area contributed by atoms with Gasteiger partial charge < -0.3 is 10.6 Å². The molecule has 0 aliphatic heterocycles. The Balaban J connectivity index is 1.24. The number of amides is 2. The van der Waals surface area contributed by atoms with Crippen LogP contribution in [0.2, 0.25) is 0 Å². The van der Waals surface area contributed by atoms with Gasteiger partial charge in [0.1, 0.15) is 0 Å². The van der Waals surface area contributed by atoms with Crippen molar-refractivity contribution < 1.29 is 9.59 Å². The van der Waals surface area contributed by atoms with E-state index < -0.39 is 0 Å². The van der Waals surface area contributed by atoms with Crippen molar-refractivity contribution in [2.24, 2.45) is 22.7 Å². The highest BCUT2D eigenvalue weighted by Gasteiger charge is 2.63. The van der Waals surface area contributed by atoms with Gasteiger partial charge in [-0.05, 0) is 114 Å². The van der Waals surface area contributed by atoms with Gasteiger partial charge in [0.2, 0.25) is 11.8 Å². The molecular formula is C26H42N2O2S2. The Bertz CT molecular complexity index is 643. The van der Waals surface area contributed by atoms with Crippen LogP contribution >= 0.6 is 23.5 Å². The van der Waals surface area contributed by atoms with E-state index in [0.29, 0.717) is 23.9 Å². The van der Waals surface area contributed by atoms with E-state index in [1.165, 1.54) is 32.1 Å². The van der Waals surface area contributed by atoms with Gasteiger partial charge in [0.15, 0.2) is 0 Å². The molecule has 6 rings (SSSR count). The largest absolute Gasteiger partial charge is 0.353 e. The summed E-state index contributed by atoms with van der Waals surface area (Å²) in [6.07, 6.45) is 19.8. The first kappa shape index (κ1) is 23.4. The third-order valence-corrected chi connectivity index (χ3v) is 12.0. The molecule has 2 N–H and O–H groups in total. The summed E-state index contributed by atoms with van der Waals surface area (Å²) in [6, 6.07) is 0.686. The van der Waals surface area contributed by atoms with Crippen LogP contribution in [0, 0.1) is 22.7 Å². The summed E-state index contributed by atoms with van der Waals surface area (Å²) in [5, 5.41) is 8.50. The van der Waals surface area contributed by atoms with Crippen molar-refractivity contribution in [3.63, 3.8) is 0 Å². The third-order valence-electron chi connectivity index (χ3n) is 9.71. The van der Waals surface area contributed by atoms with Crippen LogP contribution in [-0.2, 0) is 9.59 Å². The first-order valence-corrected chi connectivity index (χ1v) is 15.7. The summed E-state index contributed by atoms with van der Waals surface area (Å²) in [6.45, 7) is 0. The molecule has 0 aromatic heterocycles. The van der Waals surface area contributed by atoms with Crippen molar-refractivity contribution >= 4 is 35.3 Å². The molecular weight excluding hydrogens is 436 g/mol. The molecule has 0 aromatic carbocycles. The second-order valence-corrected chi connectivity index (χ2v) is 14.2. The van der Waals surface area contributed by atoms with Crippen molar-refractivity contribution in [3.8, 4) is 0 Å². The fourth-order valence-corrected chi connectivity index (χ4v) is 9.84. The van der Waals surface area contributed by atoms with Crippen LogP contribution < -0.4 is 10.6 Å². The fraction of sp³-hybridized carbons (Fsp3) is 0.923. The first-order chi connectivity index (χ1) is 15.4. The van der Waals surface area contributed by atoms with Crippen LogP contribution in [-0.4, -0.2) is 46.9 Å². The van der Waals surface area contributed by atoms with Crippen molar-refractivity contribution in [2.75, 3.05) is 12.5 Å². The van der Waals surface area contributed by atoms with E-state index in [1.54, 1.807) is 0 Å². The minimum Gasteiger partial charge on any atom is -0.353 e. The van der Waals surface area contributed by atoms with Crippen LogP contribution in [0.1, 0.15) is 89.9 Å². The van der Waals surface area contributed by atoms with Crippen molar-refractivity contribution in [1.82, 2.24) is 10.6 Å². The van der Waals surface area contributed by atoms with Gasteiger partial charge in [-0.1, -0.05) is 0 Å². The molecule has 6 heteroatoms. The van der Waals surface area contributed by atoms with Gasteiger partial charge >= 0.3 is 0 Å². The topological polar surface area (TPSA) is 58.2 Å². The number of nitrogens with one attached hydrogen (secondary N) is 2. The molecule has 32 heavy (non-hydrogen) atoms. The van der Waals surface area contributed by atoms with Crippen LogP contribution in [0.4, 0.5) is 0 Å². The van der Waals surface area contributed by atoms with Crippen molar-refractivity contribution in [3.05, 3.63) is 0 Å². The molecule has 2 amide bonds. The van der Waals surface area contributed by atoms with E-state index in [1.807, 2.05) is 23.5 Å². The summed E-state index contributed by atoms with van der Waals surface area (Å²) in [5.74, 6) is 1.70. The van der Waals surface area contributed by atoms with Gasteiger partial charge in [0.25, 0.3) is 0 Å². The van der Waals surface area contributed by atoms with E-state index in [4.69, 9.17) is 0 Å². The predicted octanol–water partition coefficient (Wildman–Crippen LogP) is 5.15. The smallest absolute Gasteiger partial charge is 0.226 e. The number of carbonyl (C=O) groups excluding carboxylic acids is 2. The maximum atomic E-state index is 13.7. The zero-order valence-corrected chi connectivity index (χ0v) is 21.6. The molecule has 0 unspecified atom stereocenters. The van der Waals surface area contributed by atoms with Gasteiger partial charge in [-0.3, -0.25) is 9.59 Å². The Kier molecular flexibility index (Phi) is 6.84. The summed E-state index contributed by atoms with van der Waals surface area (Å²) in [7, 11) is 0. The fourth-order valence-electron chi connectivity index (χ4n) is 8.36. The van der Waals surface area contributed by atoms with Gasteiger partial charge in [0, 0.05) is 22.6 Å². The molecule has 0 radical (unpaired) electrons. The molecule has 6 aliphatic carbocycles. The average Bonchev–Trinajstić information content (AvgIpc) is 2.79. The minimum absolute atomic E-state index is 0.283. The quantitative estimate of drug-likeness (QED) is 0.554. The van der Waals surface area contributed by atoms with E-state index in [0.717, 1.165) is 68.3 Å². The second kappa shape index (κ2) is 9.36. The molecule has 0 heterocycles. The number of rotatable bonds is 6. The number of thioether (sulfide) groups is 2. The molecule has 0 atom stereocenters.